The van der Waals surface area contributed by atoms with Gasteiger partial charge in [-0.15, -0.1) is 0 Å². The van der Waals surface area contributed by atoms with E-state index < -0.39 is 33.4 Å². The van der Waals surface area contributed by atoms with Crippen molar-refractivity contribution in [3.63, 3.8) is 0 Å². The number of hydrogen-bond donors (Lipinski definition) is 0. The summed E-state index contributed by atoms with van der Waals surface area (Å²) in [5.41, 5.74) is 1.20. The largest absolute Gasteiger partial charge is 0.441 e. The molecule has 0 bridgehead atoms. The molecule has 152 valence electrons. The third-order valence-electron chi connectivity index (χ3n) is 3.65. The van der Waals surface area contributed by atoms with Crippen LogP contribution in [0.5, 0.6) is 0 Å². The lowest BCUT2D eigenvalue weighted by Gasteiger charge is -2.32. The molecule has 0 atom stereocenters. The Hall–Kier alpha value is -1.81. The Morgan fingerprint density at radius 2 is 1.07 bits per heavy atom. The van der Waals surface area contributed by atoms with Gasteiger partial charge in [0.2, 0.25) is 0 Å². The first-order valence-electron chi connectivity index (χ1n) is 7.82. The molecule has 0 aliphatic carbocycles. The van der Waals surface area contributed by atoms with Crippen LogP contribution in [0, 0.1) is 0 Å². The van der Waals surface area contributed by atoms with Gasteiger partial charge in [-0.05, 0) is 22.9 Å². The van der Waals surface area contributed by atoms with Crippen LogP contribution in [0.15, 0.2) is 60.7 Å². The number of halogens is 7. The number of hydrogen-bond acceptors (Lipinski definition) is 2. The summed E-state index contributed by atoms with van der Waals surface area (Å²) in [6.07, 6.45) is -12.4. The van der Waals surface area contributed by atoms with Crippen LogP contribution in [-0.4, -0.2) is 26.6 Å². The van der Waals surface area contributed by atoms with Gasteiger partial charge in [0.05, 0.1) is 0 Å². The van der Waals surface area contributed by atoms with Crippen molar-refractivity contribution in [1.29, 1.82) is 0 Å². The molecular formula is C18H14F7NS2. The molecule has 0 heterocycles. The second kappa shape index (κ2) is 8.69. The molecule has 28 heavy (non-hydrogen) atoms. The van der Waals surface area contributed by atoms with Crippen molar-refractivity contribution >= 4 is 28.3 Å². The van der Waals surface area contributed by atoms with Crippen molar-refractivity contribution in [3.8, 4) is 0 Å². The molecule has 0 saturated heterocycles. The van der Waals surface area contributed by atoms with E-state index in [1.807, 2.05) is 0 Å². The van der Waals surface area contributed by atoms with E-state index in [1.54, 1.807) is 60.7 Å². The number of nitrogens with zero attached hydrogens (tertiary/aromatic N) is 1. The van der Waals surface area contributed by atoms with E-state index in [2.05, 4.69) is 0 Å². The highest BCUT2D eigenvalue weighted by atomic mass is 32.2. The fourth-order valence-corrected chi connectivity index (χ4v) is 3.46. The van der Waals surface area contributed by atoms with E-state index in [4.69, 9.17) is 12.2 Å². The summed E-state index contributed by atoms with van der Waals surface area (Å²) in [6.45, 7) is -0.152. The monoisotopic (exact) mass is 441 g/mol. The predicted octanol–water partition coefficient (Wildman–Crippen LogP) is 6.50. The lowest BCUT2D eigenvalue weighted by Crippen LogP contribution is -2.52. The Morgan fingerprint density at radius 1 is 0.714 bits per heavy atom. The molecule has 2 aromatic carbocycles. The normalized spacial score (nSPS) is 12.7. The Kier molecular flexibility index (Phi) is 6.97. The van der Waals surface area contributed by atoms with E-state index in [0.29, 0.717) is 11.1 Å². The lowest BCUT2D eigenvalue weighted by molar-refractivity contribution is -0.302. The van der Waals surface area contributed by atoms with Crippen LogP contribution in [-0.2, 0) is 13.1 Å². The van der Waals surface area contributed by atoms with Crippen LogP contribution >= 0.6 is 24.0 Å². The summed E-state index contributed by atoms with van der Waals surface area (Å²) < 4.78 is 90.6. The van der Waals surface area contributed by atoms with Crippen LogP contribution in [0.1, 0.15) is 11.1 Å². The number of alkyl halides is 7. The summed E-state index contributed by atoms with van der Waals surface area (Å²) in [7, 11) is 0. The molecule has 10 heteroatoms. The average Bonchev–Trinajstić information content (AvgIpc) is 2.61. The zero-order valence-corrected chi connectivity index (χ0v) is 15.7. The molecule has 0 aromatic heterocycles. The lowest BCUT2D eigenvalue weighted by atomic mass is 10.2. The Balaban J connectivity index is 2.31. The topological polar surface area (TPSA) is 3.24 Å². The summed E-state index contributed by atoms with van der Waals surface area (Å²) in [5.74, 6) is 0. The Bertz CT molecular complexity index is 721. The minimum Gasteiger partial charge on any atom is -0.349 e. The van der Waals surface area contributed by atoms with Crippen LogP contribution in [0.25, 0.3) is 0 Å². The molecule has 0 N–H and O–H groups in total. The highest BCUT2D eigenvalue weighted by molar-refractivity contribution is 8.23. The molecule has 2 aromatic rings. The van der Waals surface area contributed by atoms with E-state index in [0.717, 1.165) is 4.90 Å². The molecule has 0 unspecified atom stereocenters. The van der Waals surface area contributed by atoms with Crippen molar-refractivity contribution in [2.45, 2.75) is 30.4 Å². The zero-order chi connectivity index (χ0) is 21.0. The first-order valence-corrected chi connectivity index (χ1v) is 9.04. The Labute approximate surface area is 166 Å². The summed E-state index contributed by atoms with van der Waals surface area (Å²) >= 11 is 3.76. The summed E-state index contributed by atoms with van der Waals surface area (Å²) in [4.78, 5) is 1.11. The molecule has 0 amide bonds. The number of thioether (sulfide) groups is 1. The zero-order valence-electron chi connectivity index (χ0n) is 14.1. The van der Waals surface area contributed by atoms with Gasteiger partial charge in [-0.2, -0.15) is 26.3 Å². The number of thiocarbonyl (C=S) groups is 1. The van der Waals surface area contributed by atoms with Crippen LogP contribution < -0.4 is 0 Å². The molecule has 0 spiro atoms. The number of benzene rings is 2. The van der Waals surface area contributed by atoms with E-state index in [-0.39, 0.29) is 13.1 Å². The van der Waals surface area contributed by atoms with Crippen LogP contribution in [0.2, 0.25) is 0 Å². The van der Waals surface area contributed by atoms with Crippen molar-refractivity contribution in [1.82, 2.24) is 4.90 Å². The fourth-order valence-electron chi connectivity index (χ4n) is 2.25. The maximum Gasteiger partial charge on any atom is 0.441 e. The van der Waals surface area contributed by atoms with Gasteiger partial charge < -0.3 is 4.90 Å². The van der Waals surface area contributed by atoms with E-state index >= 15 is 0 Å². The molecule has 2 rings (SSSR count). The molecule has 1 nitrogen and oxygen atoms in total. The molecule has 0 aliphatic heterocycles. The molecule has 0 saturated carbocycles. The highest BCUT2D eigenvalue weighted by Gasteiger charge is 2.74. The predicted molar refractivity (Wildman–Crippen MR) is 98.3 cm³/mol. The second-order valence-electron chi connectivity index (χ2n) is 5.79. The van der Waals surface area contributed by atoms with Gasteiger partial charge in [-0.1, -0.05) is 72.9 Å². The van der Waals surface area contributed by atoms with Gasteiger partial charge in [0, 0.05) is 13.1 Å². The number of rotatable bonds is 5. The van der Waals surface area contributed by atoms with Crippen molar-refractivity contribution in [3.05, 3.63) is 71.8 Å². The highest BCUT2D eigenvalue weighted by Crippen LogP contribution is 2.54. The molecule has 0 radical (unpaired) electrons. The standard InChI is InChI=1S/C18H14F7NS2/c19-16(17(20,21)22,18(23,24)25)28-15(27)26(11-13-7-3-1-4-8-13)12-14-9-5-2-6-10-14/h1-10H,11-12H2. The van der Waals surface area contributed by atoms with Gasteiger partial charge in [0.15, 0.2) is 0 Å². The van der Waals surface area contributed by atoms with E-state index in [9.17, 15) is 30.7 Å². The minimum absolute atomic E-state index is 0.0760. The van der Waals surface area contributed by atoms with Gasteiger partial charge in [0.1, 0.15) is 4.32 Å². The second-order valence-corrected chi connectivity index (χ2v) is 7.58. The van der Waals surface area contributed by atoms with E-state index in [1.165, 1.54) is 0 Å². The van der Waals surface area contributed by atoms with Crippen LogP contribution in [0.3, 0.4) is 0 Å². The fraction of sp³-hybridized carbons (Fsp3) is 0.278. The quantitative estimate of drug-likeness (QED) is 0.385. The first kappa shape index (κ1) is 22.5. The van der Waals surface area contributed by atoms with Gasteiger partial charge in [-0.3, -0.25) is 0 Å². The molecular weight excluding hydrogens is 427 g/mol. The maximum atomic E-state index is 14.1. The minimum atomic E-state index is -6.18. The summed E-state index contributed by atoms with van der Waals surface area (Å²) in [6, 6.07) is 16.6. The third-order valence-corrected chi connectivity index (χ3v) is 5.33. The van der Waals surface area contributed by atoms with Crippen molar-refractivity contribution in [2.75, 3.05) is 0 Å². The average molecular weight is 441 g/mol. The Morgan fingerprint density at radius 3 is 1.39 bits per heavy atom. The van der Waals surface area contributed by atoms with Crippen molar-refractivity contribution in [2.24, 2.45) is 0 Å². The van der Waals surface area contributed by atoms with Gasteiger partial charge in [0.25, 0.3) is 0 Å². The smallest absolute Gasteiger partial charge is 0.349 e. The molecule has 0 fully saturated rings. The van der Waals surface area contributed by atoms with Crippen molar-refractivity contribution < 1.29 is 30.7 Å². The van der Waals surface area contributed by atoms with Gasteiger partial charge >= 0.3 is 17.4 Å². The van der Waals surface area contributed by atoms with Gasteiger partial charge in [-0.25, -0.2) is 4.39 Å². The molecule has 0 aliphatic rings. The first-order chi connectivity index (χ1) is 12.9. The third kappa shape index (κ3) is 5.38. The van der Waals surface area contributed by atoms with Crippen LogP contribution in [0.4, 0.5) is 30.7 Å². The summed E-state index contributed by atoms with van der Waals surface area (Å²) in [5, 5.41) is -5.50. The maximum absolute atomic E-state index is 14.1. The SMILES string of the molecule is FC(F)(F)C(F)(SC(=S)N(Cc1ccccc1)Cc1ccccc1)C(F)(F)F.